The van der Waals surface area contributed by atoms with E-state index in [-0.39, 0.29) is 23.7 Å². The van der Waals surface area contributed by atoms with Crippen molar-refractivity contribution in [1.29, 1.82) is 0 Å². The van der Waals surface area contributed by atoms with Gasteiger partial charge in [0.1, 0.15) is 6.04 Å². The molecule has 8 nitrogen and oxygen atoms in total. The fraction of sp³-hybridized carbons (Fsp3) is 0.286. The number of carbonyl (C=O) groups excluding carboxylic acids is 2. The Kier molecular flexibility index (Phi) is 5.64. The summed E-state index contributed by atoms with van der Waals surface area (Å²) in [4.78, 5) is 43.1. The van der Waals surface area contributed by atoms with Crippen LogP contribution in [0, 0.1) is 5.92 Å². The van der Waals surface area contributed by atoms with Crippen LogP contribution in [-0.4, -0.2) is 38.9 Å². The van der Waals surface area contributed by atoms with E-state index in [1.807, 2.05) is 47.4 Å². The average Bonchev–Trinajstić information content (AvgIpc) is 3.52. The van der Waals surface area contributed by atoms with Crippen molar-refractivity contribution >= 4 is 28.3 Å². The quantitative estimate of drug-likeness (QED) is 0.442. The largest absolute Gasteiger partial charge is 0.439 e. The predicted octanol–water partition coefficient (Wildman–Crippen LogP) is 4.60. The van der Waals surface area contributed by atoms with Gasteiger partial charge in [-0.2, -0.15) is 0 Å². The van der Waals surface area contributed by atoms with Crippen LogP contribution < -0.4 is 11.1 Å². The van der Waals surface area contributed by atoms with Gasteiger partial charge in [-0.15, -0.1) is 0 Å². The molecule has 182 valence electrons. The number of fused-ring (bicyclic) bond motifs is 2. The van der Waals surface area contributed by atoms with Crippen LogP contribution >= 0.6 is 0 Å². The molecule has 3 atom stereocenters. The van der Waals surface area contributed by atoms with Crippen molar-refractivity contribution in [3.05, 3.63) is 82.8 Å². The lowest BCUT2D eigenvalue weighted by Crippen LogP contribution is -2.47. The summed E-state index contributed by atoms with van der Waals surface area (Å²) in [5.74, 6) is -0.328. The molecule has 6 rings (SSSR count). The van der Waals surface area contributed by atoms with Crippen LogP contribution in [0.3, 0.4) is 0 Å². The zero-order chi connectivity index (χ0) is 24.6. The smallest absolute Gasteiger partial charge is 0.324 e. The predicted molar refractivity (Wildman–Crippen MR) is 135 cm³/mol. The van der Waals surface area contributed by atoms with Crippen molar-refractivity contribution in [1.82, 2.24) is 15.0 Å². The first-order chi connectivity index (χ1) is 17.6. The first-order valence-electron chi connectivity index (χ1n) is 12.4. The third kappa shape index (κ3) is 4.08. The van der Waals surface area contributed by atoms with Gasteiger partial charge in [0, 0.05) is 22.9 Å². The number of nitrogens with one attached hydrogen (secondary N) is 2. The zero-order valence-corrected chi connectivity index (χ0v) is 19.6. The van der Waals surface area contributed by atoms with Gasteiger partial charge in [0.05, 0.1) is 0 Å². The molecule has 3 aromatic carbocycles. The molecule has 1 aliphatic heterocycles. The Morgan fingerprint density at radius 2 is 1.81 bits per heavy atom. The summed E-state index contributed by atoms with van der Waals surface area (Å²) in [6, 6.07) is 20.3. The standard InChI is InChI=1S/C28H26N4O4/c33-26(29-22-10-5-9-20(15-22)25-30-28(35)36-31-25)24-16-19-8-3-4-11-23(19)32(24)27(34)21-13-12-17-6-1-2-7-18(17)14-21/h1-2,5-7,9-10,12-15,19,23-24H,3-4,8,11,16H2,(H,29,33)(H,30,31,35)/t19-,23-,24-/m0/s1. The monoisotopic (exact) mass is 482 g/mol. The molecular formula is C28H26N4O4. The van der Waals surface area contributed by atoms with Crippen molar-refractivity contribution in [3.63, 3.8) is 0 Å². The molecule has 2 fully saturated rings. The highest BCUT2D eigenvalue weighted by atomic mass is 16.5. The highest BCUT2D eigenvalue weighted by Crippen LogP contribution is 2.41. The van der Waals surface area contributed by atoms with Crippen molar-refractivity contribution in [2.75, 3.05) is 5.32 Å². The van der Waals surface area contributed by atoms with Crippen LogP contribution in [0.25, 0.3) is 22.2 Å². The SMILES string of the molecule is O=C(Nc1cccc(-c2noc(=O)[nH]2)c1)[C@@H]1C[C@@H]2CCCC[C@@H]2N1C(=O)c1ccc2ccccc2c1. The molecule has 0 radical (unpaired) electrons. The number of anilines is 1. The summed E-state index contributed by atoms with van der Waals surface area (Å²) in [5, 5.41) is 8.79. The molecular weight excluding hydrogens is 456 g/mol. The maximum atomic E-state index is 13.8. The molecule has 2 N–H and O–H groups in total. The van der Waals surface area contributed by atoms with Gasteiger partial charge in [-0.25, -0.2) is 4.79 Å². The lowest BCUT2D eigenvalue weighted by Gasteiger charge is -2.33. The van der Waals surface area contributed by atoms with Crippen molar-refractivity contribution < 1.29 is 14.1 Å². The molecule has 0 bridgehead atoms. The summed E-state index contributed by atoms with van der Waals surface area (Å²) in [6.07, 6.45) is 4.81. The Morgan fingerprint density at radius 1 is 0.972 bits per heavy atom. The molecule has 2 heterocycles. The lowest BCUT2D eigenvalue weighted by molar-refractivity contribution is -0.120. The number of amides is 2. The van der Waals surface area contributed by atoms with Gasteiger partial charge in [-0.1, -0.05) is 60.5 Å². The number of carbonyl (C=O) groups is 2. The Hall–Kier alpha value is -4.20. The van der Waals surface area contributed by atoms with E-state index in [9.17, 15) is 14.4 Å². The Morgan fingerprint density at radius 3 is 2.64 bits per heavy atom. The van der Waals surface area contributed by atoms with Gasteiger partial charge < -0.3 is 10.2 Å². The van der Waals surface area contributed by atoms with Crippen LogP contribution in [0.4, 0.5) is 5.69 Å². The first-order valence-corrected chi connectivity index (χ1v) is 12.4. The fourth-order valence-corrected chi connectivity index (χ4v) is 5.78. The summed E-state index contributed by atoms with van der Waals surface area (Å²) in [6.45, 7) is 0. The number of likely N-dealkylation sites (tertiary alicyclic amines) is 1. The van der Waals surface area contributed by atoms with E-state index in [4.69, 9.17) is 0 Å². The van der Waals surface area contributed by atoms with Crippen LogP contribution in [0.1, 0.15) is 42.5 Å². The highest BCUT2D eigenvalue weighted by Gasteiger charge is 2.47. The molecule has 1 aromatic heterocycles. The van der Waals surface area contributed by atoms with Crippen molar-refractivity contribution in [2.45, 2.75) is 44.2 Å². The van der Waals surface area contributed by atoms with Gasteiger partial charge in [0.25, 0.3) is 5.91 Å². The maximum Gasteiger partial charge on any atom is 0.439 e. The molecule has 2 amide bonds. The summed E-state index contributed by atoms with van der Waals surface area (Å²) in [7, 11) is 0. The van der Waals surface area contributed by atoms with Crippen molar-refractivity contribution in [3.8, 4) is 11.4 Å². The zero-order valence-electron chi connectivity index (χ0n) is 19.6. The van der Waals surface area contributed by atoms with E-state index in [1.54, 1.807) is 24.3 Å². The lowest BCUT2D eigenvalue weighted by atomic mass is 9.84. The number of hydrogen-bond acceptors (Lipinski definition) is 5. The second kappa shape index (κ2) is 9.11. The van der Waals surface area contributed by atoms with Crippen molar-refractivity contribution in [2.24, 2.45) is 5.92 Å². The van der Waals surface area contributed by atoms with Crippen LogP contribution in [-0.2, 0) is 4.79 Å². The Labute approximate surface area is 207 Å². The number of H-pyrrole nitrogens is 1. The molecule has 36 heavy (non-hydrogen) atoms. The van der Waals surface area contributed by atoms with Gasteiger partial charge in [0.15, 0.2) is 5.82 Å². The van der Waals surface area contributed by atoms with E-state index in [2.05, 4.69) is 20.0 Å². The molecule has 0 spiro atoms. The normalized spacial score (nSPS) is 21.3. The average molecular weight is 483 g/mol. The fourth-order valence-electron chi connectivity index (χ4n) is 5.78. The number of benzene rings is 3. The molecule has 1 aliphatic carbocycles. The highest BCUT2D eigenvalue weighted by molar-refractivity contribution is 6.03. The van der Waals surface area contributed by atoms with E-state index in [0.29, 0.717) is 29.2 Å². The minimum atomic E-state index is -0.643. The van der Waals surface area contributed by atoms with E-state index >= 15 is 0 Å². The molecule has 1 saturated heterocycles. The third-order valence-electron chi connectivity index (χ3n) is 7.47. The van der Waals surface area contributed by atoms with Crippen LogP contribution in [0.2, 0.25) is 0 Å². The van der Waals surface area contributed by atoms with E-state index in [0.717, 1.165) is 36.5 Å². The molecule has 8 heteroatoms. The third-order valence-corrected chi connectivity index (χ3v) is 7.47. The Bertz CT molecular complexity index is 1510. The number of nitrogens with zero attached hydrogens (tertiary/aromatic N) is 2. The minimum absolute atomic E-state index is 0.0695. The van der Waals surface area contributed by atoms with Crippen LogP contribution in [0.15, 0.2) is 76.0 Å². The summed E-state index contributed by atoms with van der Waals surface area (Å²) in [5.41, 5.74) is 1.78. The number of aromatic amines is 1. The molecule has 4 aromatic rings. The maximum absolute atomic E-state index is 13.8. The molecule has 0 unspecified atom stereocenters. The van der Waals surface area contributed by atoms with Gasteiger partial charge in [0.2, 0.25) is 5.91 Å². The summed E-state index contributed by atoms with van der Waals surface area (Å²) >= 11 is 0. The number of aromatic nitrogens is 2. The van der Waals surface area contributed by atoms with Gasteiger partial charge >= 0.3 is 5.76 Å². The number of rotatable bonds is 4. The molecule has 2 aliphatic rings. The Balaban J connectivity index is 1.29. The van der Waals surface area contributed by atoms with Gasteiger partial charge in [-0.05, 0) is 60.2 Å². The topological polar surface area (TPSA) is 108 Å². The summed E-state index contributed by atoms with van der Waals surface area (Å²) < 4.78 is 4.59. The first kappa shape index (κ1) is 22.3. The van der Waals surface area contributed by atoms with Crippen LogP contribution in [0.5, 0.6) is 0 Å². The molecule has 1 saturated carbocycles. The second-order valence-corrected chi connectivity index (χ2v) is 9.65. The minimum Gasteiger partial charge on any atom is -0.324 e. The van der Waals surface area contributed by atoms with Gasteiger partial charge in [-0.3, -0.25) is 19.1 Å². The second-order valence-electron chi connectivity index (χ2n) is 9.65. The number of hydrogen-bond donors (Lipinski definition) is 2. The van der Waals surface area contributed by atoms with E-state index in [1.165, 1.54) is 0 Å². The van der Waals surface area contributed by atoms with E-state index < -0.39 is 11.8 Å².